The number of hydrogen-bond acceptors (Lipinski definition) is 5. The standard InChI is InChI=1S/C22H22N2O5S/c1-13-3-6-16(11-14(13)2)24-20(26)12-18(22(24)29)30-17-7-4-15(5-8-17)23-19(25)9-10-21(27)28/h3-8,11,18H,9-10,12H2,1-2H3,(H,23,25)(H,27,28)/t18-/m0/s1. The van der Waals surface area contributed by atoms with Crippen LogP contribution in [0, 0.1) is 13.8 Å². The molecule has 0 bridgehead atoms. The fraction of sp³-hybridized carbons (Fsp3) is 0.273. The third kappa shape index (κ3) is 5.07. The number of nitrogens with one attached hydrogen (secondary N) is 1. The SMILES string of the molecule is Cc1ccc(N2C(=O)C[C@H](Sc3ccc(NC(=O)CCC(=O)O)cc3)C2=O)cc1C. The number of nitrogens with zero attached hydrogens (tertiary/aromatic N) is 1. The topological polar surface area (TPSA) is 104 Å². The van der Waals surface area contributed by atoms with Crippen LogP contribution in [-0.2, 0) is 19.2 Å². The molecule has 0 aromatic heterocycles. The number of carbonyl (C=O) groups excluding carboxylic acids is 3. The summed E-state index contributed by atoms with van der Waals surface area (Å²) in [6.07, 6.45) is -0.197. The molecule has 1 atom stereocenters. The predicted molar refractivity (Wildman–Crippen MR) is 115 cm³/mol. The van der Waals surface area contributed by atoms with Gasteiger partial charge in [-0.05, 0) is 61.4 Å². The van der Waals surface area contributed by atoms with Crippen molar-refractivity contribution in [3.8, 4) is 0 Å². The smallest absolute Gasteiger partial charge is 0.303 e. The molecule has 0 unspecified atom stereocenters. The first-order valence-electron chi connectivity index (χ1n) is 9.47. The second-order valence-corrected chi connectivity index (χ2v) is 8.39. The molecular weight excluding hydrogens is 404 g/mol. The van der Waals surface area contributed by atoms with Crippen LogP contribution in [0.2, 0.25) is 0 Å². The van der Waals surface area contributed by atoms with E-state index in [1.54, 1.807) is 30.3 Å². The van der Waals surface area contributed by atoms with Gasteiger partial charge in [-0.25, -0.2) is 4.90 Å². The van der Waals surface area contributed by atoms with E-state index in [1.807, 2.05) is 26.0 Å². The van der Waals surface area contributed by atoms with Crippen LogP contribution in [0.5, 0.6) is 0 Å². The normalized spacial score (nSPS) is 16.1. The first-order valence-corrected chi connectivity index (χ1v) is 10.3. The largest absolute Gasteiger partial charge is 0.481 e. The molecule has 1 fully saturated rings. The zero-order chi connectivity index (χ0) is 21.8. The molecular formula is C22H22N2O5S. The Bertz CT molecular complexity index is 1000. The average Bonchev–Trinajstić information content (AvgIpc) is 2.97. The first kappa shape index (κ1) is 21.6. The summed E-state index contributed by atoms with van der Waals surface area (Å²) in [5, 5.41) is 10.7. The van der Waals surface area contributed by atoms with Crippen molar-refractivity contribution in [3.05, 3.63) is 53.6 Å². The summed E-state index contributed by atoms with van der Waals surface area (Å²) in [7, 11) is 0. The molecule has 0 aliphatic carbocycles. The van der Waals surface area contributed by atoms with Crippen molar-refractivity contribution in [1.29, 1.82) is 0 Å². The molecule has 1 heterocycles. The van der Waals surface area contributed by atoms with Crippen molar-refractivity contribution in [2.75, 3.05) is 10.2 Å². The van der Waals surface area contributed by atoms with Gasteiger partial charge in [0.25, 0.3) is 0 Å². The Morgan fingerprint density at radius 3 is 2.40 bits per heavy atom. The van der Waals surface area contributed by atoms with E-state index < -0.39 is 11.2 Å². The highest BCUT2D eigenvalue weighted by atomic mass is 32.2. The minimum absolute atomic E-state index is 0.0984. The van der Waals surface area contributed by atoms with Crippen molar-refractivity contribution in [2.45, 2.75) is 43.3 Å². The number of rotatable bonds is 7. The molecule has 0 spiro atoms. The Hall–Kier alpha value is -3.13. The van der Waals surface area contributed by atoms with E-state index in [4.69, 9.17) is 5.11 Å². The highest BCUT2D eigenvalue weighted by Crippen LogP contribution is 2.34. The van der Waals surface area contributed by atoms with Gasteiger partial charge in [-0.2, -0.15) is 0 Å². The first-order chi connectivity index (χ1) is 14.2. The van der Waals surface area contributed by atoms with Crippen LogP contribution in [0.3, 0.4) is 0 Å². The summed E-state index contributed by atoms with van der Waals surface area (Å²) in [4.78, 5) is 49.6. The Labute approximate surface area is 178 Å². The zero-order valence-electron chi connectivity index (χ0n) is 16.7. The van der Waals surface area contributed by atoms with E-state index in [2.05, 4.69) is 5.32 Å². The molecule has 0 saturated carbocycles. The zero-order valence-corrected chi connectivity index (χ0v) is 17.5. The molecule has 2 aromatic rings. The number of hydrogen-bond donors (Lipinski definition) is 2. The van der Waals surface area contributed by atoms with Crippen molar-refractivity contribution < 1.29 is 24.3 Å². The number of amides is 3. The van der Waals surface area contributed by atoms with Crippen LogP contribution >= 0.6 is 11.8 Å². The van der Waals surface area contributed by atoms with E-state index in [1.165, 1.54) is 16.7 Å². The molecule has 3 rings (SSSR count). The molecule has 8 heteroatoms. The second kappa shape index (κ2) is 9.13. The van der Waals surface area contributed by atoms with Crippen LogP contribution in [0.15, 0.2) is 47.4 Å². The maximum Gasteiger partial charge on any atom is 0.303 e. The summed E-state index contributed by atoms with van der Waals surface area (Å²) < 4.78 is 0. The highest BCUT2D eigenvalue weighted by molar-refractivity contribution is 8.00. The van der Waals surface area contributed by atoms with E-state index in [0.717, 1.165) is 16.0 Å². The van der Waals surface area contributed by atoms with Crippen molar-refractivity contribution in [2.24, 2.45) is 0 Å². The van der Waals surface area contributed by atoms with Gasteiger partial charge in [-0.1, -0.05) is 6.07 Å². The number of thioether (sulfide) groups is 1. The van der Waals surface area contributed by atoms with Crippen molar-refractivity contribution in [1.82, 2.24) is 0 Å². The summed E-state index contributed by atoms with van der Waals surface area (Å²) in [5.74, 6) is -1.86. The van der Waals surface area contributed by atoms with Crippen LogP contribution < -0.4 is 10.2 Å². The molecule has 1 aliphatic rings. The molecule has 3 amide bonds. The average molecular weight is 426 g/mol. The van der Waals surface area contributed by atoms with Gasteiger partial charge in [-0.15, -0.1) is 11.8 Å². The number of imide groups is 1. The number of anilines is 2. The van der Waals surface area contributed by atoms with Gasteiger partial charge >= 0.3 is 5.97 Å². The lowest BCUT2D eigenvalue weighted by Gasteiger charge is -2.16. The van der Waals surface area contributed by atoms with Gasteiger partial charge in [0.2, 0.25) is 17.7 Å². The minimum Gasteiger partial charge on any atom is -0.481 e. The van der Waals surface area contributed by atoms with Gasteiger partial charge in [0.15, 0.2) is 0 Å². The lowest BCUT2D eigenvalue weighted by atomic mass is 10.1. The molecule has 0 radical (unpaired) electrons. The van der Waals surface area contributed by atoms with Gasteiger partial charge < -0.3 is 10.4 Å². The van der Waals surface area contributed by atoms with Gasteiger partial charge in [0.05, 0.1) is 17.4 Å². The lowest BCUT2D eigenvalue weighted by Crippen LogP contribution is -2.31. The molecule has 2 aromatic carbocycles. The molecule has 7 nitrogen and oxygen atoms in total. The third-order valence-corrected chi connectivity index (χ3v) is 6.03. The van der Waals surface area contributed by atoms with Crippen LogP contribution in [0.4, 0.5) is 11.4 Å². The molecule has 1 aliphatic heterocycles. The minimum atomic E-state index is -1.03. The Morgan fingerprint density at radius 2 is 1.77 bits per heavy atom. The highest BCUT2D eigenvalue weighted by Gasteiger charge is 2.40. The number of carbonyl (C=O) groups is 4. The quantitative estimate of drug-likeness (QED) is 0.657. The summed E-state index contributed by atoms with van der Waals surface area (Å²) >= 11 is 1.31. The fourth-order valence-corrected chi connectivity index (χ4v) is 4.11. The van der Waals surface area contributed by atoms with Crippen LogP contribution in [-0.4, -0.2) is 34.0 Å². The maximum absolute atomic E-state index is 12.8. The van der Waals surface area contributed by atoms with Gasteiger partial charge in [0, 0.05) is 23.4 Å². The second-order valence-electron chi connectivity index (χ2n) is 7.11. The van der Waals surface area contributed by atoms with Gasteiger partial charge in [-0.3, -0.25) is 19.2 Å². The van der Waals surface area contributed by atoms with Crippen LogP contribution in [0.25, 0.3) is 0 Å². The number of carboxylic acids is 1. The predicted octanol–water partition coefficient (Wildman–Crippen LogP) is 3.53. The summed E-state index contributed by atoms with van der Waals surface area (Å²) in [5.41, 5.74) is 3.25. The Kier molecular flexibility index (Phi) is 6.56. The number of carboxylic acid groups (broad SMARTS) is 1. The maximum atomic E-state index is 12.8. The van der Waals surface area contributed by atoms with Crippen LogP contribution in [0.1, 0.15) is 30.4 Å². The van der Waals surface area contributed by atoms with E-state index >= 15 is 0 Å². The summed E-state index contributed by atoms with van der Waals surface area (Å²) in [6.45, 7) is 3.92. The Balaban J connectivity index is 1.63. The van der Waals surface area contributed by atoms with Gasteiger partial charge in [0.1, 0.15) is 0 Å². The molecule has 1 saturated heterocycles. The van der Waals surface area contributed by atoms with Crippen molar-refractivity contribution in [3.63, 3.8) is 0 Å². The summed E-state index contributed by atoms with van der Waals surface area (Å²) in [6, 6.07) is 12.4. The fourth-order valence-electron chi connectivity index (χ4n) is 3.06. The Morgan fingerprint density at radius 1 is 1.07 bits per heavy atom. The van der Waals surface area contributed by atoms with Crippen molar-refractivity contribution >= 4 is 46.8 Å². The number of aryl methyl sites for hydroxylation is 2. The number of benzene rings is 2. The lowest BCUT2D eigenvalue weighted by molar-refractivity contribution is -0.138. The molecule has 156 valence electrons. The number of aliphatic carboxylic acids is 1. The monoisotopic (exact) mass is 426 g/mol. The third-order valence-electron chi connectivity index (χ3n) is 4.84. The molecule has 2 N–H and O–H groups in total. The van der Waals surface area contributed by atoms with E-state index in [9.17, 15) is 19.2 Å². The molecule has 30 heavy (non-hydrogen) atoms. The van der Waals surface area contributed by atoms with E-state index in [0.29, 0.717) is 11.4 Å². The van der Waals surface area contributed by atoms with E-state index in [-0.39, 0.29) is 37.0 Å².